The van der Waals surface area contributed by atoms with Crippen molar-refractivity contribution in [3.63, 3.8) is 0 Å². The molecule has 1 aromatic rings. The van der Waals surface area contributed by atoms with Gasteiger partial charge < -0.3 is 14.6 Å². The normalized spacial score (nSPS) is 13.4. The Morgan fingerprint density at radius 1 is 1.33 bits per heavy atom. The summed E-state index contributed by atoms with van der Waals surface area (Å²) in [5.41, 5.74) is 0.865. The summed E-state index contributed by atoms with van der Waals surface area (Å²) < 4.78 is 10.7. The number of ether oxygens (including phenoxy) is 2. The molecule has 0 aromatic carbocycles. The van der Waals surface area contributed by atoms with Crippen LogP contribution in [0.1, 0.15) is 30.4 Å². The largest absolute Gasteiger partial charge is 0.383 e. The van der Waals surface area contributed by atoms with Crippen LogP contribution in [0.5, 0.6) is 0 Å². The second-order valence-electron chi connectivity index (χ2n) is 3.21. The van der Waals surface area contributed by atoms with Gasteiger partial charge in [0.25, 0.3) is 0 Å². The van der Waals surface area contributed by atoms with E-state index in [1.807, 2.05) is 32.2 Å². The molecule has 0 aliphatic heterocycles. The van der Waals surface area contributed by atoms with Gasteiger partial charge in [-0.25, -0.2) is 0 Å². The van der Waals surface area contributed by atoms with Crippen LogP contribution in [0.25, 0.3) is 0 Å². The van der Waals surface area contributed by atoms with Crippen LogP contribution in [0.3, 0.4) is 0 Å². The summed E-state index contributed by atoms with van der Waals surface area (Å²) in [5.74, 6) is 0. The van der Waals surface area contributed by atoms with Crippen molar-refractivity contribution in [2.75, 3.05) is 13.2 Å². The van der Waals surface area contributed by atoms with E-state index < -0.39 is 12.4 Å². The zero-order valence-electron chi connectivity index (χ0n) is 9.40. The van der Waals surface area contributed by atoms with Gasteiger partial charge in [-0.3, -0.25) is 0 Å². The van der Waals surface area contributed by atoms with Crippen molar-refractivity contribution in [1.82, 2.24) is 0 Å². The van der Waals surface area contributed by atoms with Gasteiger partial charge in [-0.15, -0.1) is 11.3 Å². The lowest BCUT2D eigenvalue weighted by molar-refractivity contribution is -0.191. The minimum Gasteiger partial charge on any atom is -0.383 e. The number of thiophene rings is 1. The van der Waals surface area contributed by atoms with Crippen molar-refractivity contribution in [2.24, 2.45) is 0 Å². The third-order valence-electron chi connectivity index (χ3n) is 2.01. The van der Waals surface area contributed by atoms with Gasteiger partial charge in [0.15, 0.2) is 6.29 Å². The van der Waals surface area contributed by atoms with Crippen LogP contribution < -0.4 is 0 Å². The van der Waals surface area contributed by atoms with Crippen LogP contribution >= 0.6 is 11.3 Å². The van der Waals surface area contributed by atoms with Crippen molar-refractivity contribution < 1.29 is 14.6 Å². The average molecular weight is 230 g/mol. The Balaban J connectivity index is 2.66. The topological polar surface area (TPSA) is 38.7 Å². The van der Waals surface area contributed by atoms with E-state index in [0.717, 1.165) is 5.56 Å². The van der Waals surface area contributed by atoms with Crippen LogP contribution in [0.4, 0.5) is 0 Å². The van der Waals surface area contributed by atoms with Crippen LogP contribution in [0, 0.1) is 6.92 Å². The van der Waals surface area contributed by atoms with E-state index >= 15 is 0 Å². The molecule has 1 aromatic heterocycles. The molecule has 0 aliphatic rings. The molecule has 1 rings (SSSR count). The fourth-order valence-electron chi connectivity index (χ4n) is 1.33. The molecular weight excluding hydrogens is 212 g/mol. The van der Waals surface area contributed by atoms with E-state index in [1.54, 1.807) is 11.3 Å². The Labute approximate surface area is 94.6 Å². The molecule has 0 bridgehead atoms. The lowest BCUT2D eigenvalue weighted by Crippen LogP contribution is -2.25. The third kappa shape index (κ3) is 3.57. The lowest BCUT2D eigenvalue weighted by atomic mass is 10.2. The Kier molecular flexibility index (Phi) is 5.25. The molecule has 0 saturated heterocycles. The van der Waals surface area contributed by atoms with Crippen molar-refractivity contribution in [3.05, 3.63) is 21.9 Å². The molecule has 1 heterocycles. The number of rotatable bonds is 6. The molecule has 1 atom stereocenters. The minimum absolute atomic E-state index is 0.533. The number of hydrogen-bond acceptors (Lipinski definition) is 4. The summed E-state index contributed by atoms with van der Waals surface area (Å²) >= 11 is 1.62. The first kappa shape index (κ1) is 12.6. The van der Waals surface area contributed by atoms with Crippen molar-refractivity contribution >= 4 is 11.3 Å². The Hall–Kier alpha value is -0.420. The van der Waals surface area contributed by atoms with Gasteiger partial charge in [0.2, 0.25) is 0 Å². The van der Waals surface area contributed by atoms with E-state index in [1.165, 1.54) is 4.88 Å². The van der Waals surface area contributed by atoms with Crippen molar-refractivity contribution in [3.8, 4) is 0 Å². The first-order valence-corrected chi connectivity index (χ1v) is 6.03. The maximum atomic E-state index is 10.0. The first-order chi connectivity index (χ1) is 7.19. The summed E-state index contributed by atoms with van der Waals surface area (Å²) in [5, 5.41) is 11.9. The highest BCUT2D eigenvalue weighted by Gasteiger charge is 2.22. The summed E-state index contributed by atoms with van der Waals surface area (Å²) in [7, 11) is 0. The Morgan fingerprint density at radius 2 is 1.93 bits per heavy atom. The van der Waals surface area contributed by atoms with Gasteiger partial charge in [-0.1, -0.05) is 0 Å². The van der Waals surface area contributed by atoms with Gasteiger partial charge in [-0.05, 0) is 37.8 Å². The summed E-state index contributed by atoms with van der Waals surface area (Å²) in [6.45, 7) is 6.85. The summed E-state index contributed by atoms with van der Waals surface area (Å²) in [4.78, 5) is 1.18. The Bertz CT molecular complexity index is 279. The number of aryl methyl sites for hydroxylation is 1. The number of aliphatic hydroxyl groups is 1. The molecule has 0 saturated carbocycles. The first-order valence-electron chi connectivity index (χ1n) is 5.15. The van der Waals surface area contributed by atoms with Gasteiger partial charge in [0.05, 0.1) is 0 Å². The molecule has 0 amide bonds. The summed E-state index contributed by atoms with van der Waals surface area (Å²) in [6.07, 6.45) is -1.26. The minimum atomic E-state index is -0.699. The zero-order valence-corrected chi connectivity index (χ0v) is 10.2. The highest BCUT2D eigenvalue weighted by Crippen LogP contribution is 2.24. The molecule has 0 aliphatic carbocycles. The highest BCUT2D eigenvalue weighted by molar-refractivity contribution is 7.10. The maximum Gasteiger partial charge on any atom is 0.187 e. The van der Waals surface area contributed by atoms with E-state index in [4.69, 9.17) is 9.47 Å². The van der Waals surface area contributed by atoms with Gasteiger partial charge >= 0.3 is 0 Å². The van der Waals surface area contributed by atoms with E-state index in [-0.39, 0.29) is 0 Å². The molecule has 0 fully saturated rings. The van der Waals surface area contributed by atoms with Gasteiger partial charge in [0, 0.05) is 18.1 Å². The highest BCUT2D eigenvalue weighted by atomic mass is 32.1. The van der Waals surface area contributed by atoms with Gasteiger partial charge in [-0.2, -0.15) is 0 Å². The van der Waals surface area contributed by atoms with Crippen molar-refractivity contribution in [1.29, 1.82) is 0 Å². The van der Waals surface area contributed by atoms with E-state index in [2.05, 4.69) is 0 Å². The smallest absolute Gasteiger partial charge is 0.187 e. The standard InChI is InChI=1S/C11H18O3S/c1-4-13-11(14-5-2)10(12)9-6-8(3)15-7-9/h6-7,10-12H,4-5H2,1-3H3. The predicted molar refractivity (Wildman–Crippen MR) is 61.1 cm³/mol. The zero-order chi connectivity index (χ0) is 11.3. The number of aliphatic hydroxyl groups excluding tert-OH is 1. The molecule has 15 heavy (non-hydrogen) atoms. The molecular formula is C11H18O3S. The molecule has 3 nitrogen and oxygen atoms in total. The summed E-state index contributed by atoms with van der Waals surface area (Å²) in [6, 6.07) is 1.96. The number of hydrogen-bond donors (Lipinski definition) is 1. The average Bonchev–Trinajstić information content (AvgIpc) is 2.63. The van der Waals surface area contributed by atoms with Crippen LogP contribution in [-0.2, 0) is 9.47 Å². The van der Waals surface area contributed by atoms with Crippen molar-refractivity contribution in [2.45, 2.75) is 33.2 Å². The molecule has 4 heteroatoms. The lowest BCUT2D eigenvalue weighted by Gasteiger charge is -2.21. The maximum absolute atomic E-state index is 10.0. The second kappa shape index (κ2) is 6.23. The van der Waals surface area contributed by atoms with Crippen LogP contribution in [0.2, 0.25) is 0 Å². The Morgan fingerprint density at radius 3 is 2.33 bits per heavy atom. The van der Waals surface area contributed by atoms with E-state index in [0.29, 0.717) is 13.2 Å². The fraction of sp³-hybridized carbons (Fsp3) is 0.636. The molecule has 0 spiro atoms. The van der Waals surface area contributed by atoms with Gasteiger partial charge in [0.1, 0.15) is 6.10 Å². The van der Waals surface area contributed by atoms with E-state index in [9.17, 15) is 5.11 Å². The molecule has 86 valence electrons. The second-order valence-corrected chi connectivity index (χ2v) is 4.33. The molecule has 0 radical (unpaired) electrons. The molecule has 1 unspecified atom stereocenters. The van der Waals surface area contributed by atoms with Crippen LogP contribution in [0.15, 0.2) is 11.4 Å². The SMILES string of the molecule is CCOC(OCC)C(O)c1csc(C)c1. The quantitative estimate of drug-likeness (QED) is 0.763. The molecule has 1 N–H and O–H groups in total. The predicted octanol–water partition coefficient (Wildman–Crippen LogP) is 2.49. The monoisotopic (exact) mass is 230 g/mol. The van der Waals surface area contributed by atoms with Crippen LogP contribution in [-0.4, -0.2) is 24.6 Å². The third-order valence-corrected chi connectivity index (χ3v) is 2.89. The fourth-order valence-corrected chi connectivity index (χ4v) is 2.07.